The van der Waals surface area contributed by atoms with Gasteiger partial charge in [0.15, 0.2) is 0 Å². The van der Waals surface area contributed by atoms with Gasteiger partial charge in [-0.25, -0.2) is 17.9 Å². The van der Waals surface area contributed by atoms with E-state index >= 15 is 0 Å². The van der Waals surface area contributed by atoms with E-state index in [2.05, 4.69) is 46.7 Å². The molecule has 3 N–H and O–H groups in total. The van der Waals surface area contributed by atoms with Crippen molar-refractivity contribution in [3.63, 3.8) is 0 Å². The van der Waals surface area contributed by atoms with E-state index in [0.29, 0.717) is 24.1 Å². The van der Waals surface area contributed by atoms with Gasteiger partial charge in [-0.3, -0.25) is 0 Å². The minimum absolute atomic E-state index is 0.157. The van der Waals surface area contributed by atoms with Crippen LogP contribution < -0.4 is 9.44 Å². The fraction of sp³-hybridized carbons (Fsp3) is 0.548. The molecule has 0 heterocycles. The second-order valence-electron chi connectivity index (χ2n) is 10.2. The number of benzene rings is 2. The first kappa shape index (κ1) is 32.4. The van der Waals surface area contributed by atoms with Crippen molar-refractivity contribution < 1.29 is 13.5 Å². The van der Waals surface area contributed by atoms with Crippen LogP contribution in [0.1, 0.15) is 70.6 Å². The highest BCUT2D eigenvalue weighted by atomic mass is 32.2. The fourth-order valence-corrected chi connectivity index (χ4v) is 6.13. The molecule has 3 rings (SSSR count). The quantitative estimate of drug-likeness (QED) is 0.247. The zero-order valence-corrected chi connectivity index (χ0v) is 25.5. The molecular formula is C31H48N2O3S2. The minimum Gasteiger partial charge on any atom is -0.508 e. The molecule has 4 unspecified atom stereocenters. The maximum Gasteiger partial charge on any atom is 0.115 e. The molecule has 1 aliphatic carbocycles. The lowest BCUT2D eigenvalue weighted by molar-refractivity contribution is 0.327. The predicted molar refractivity (Wildman–Crippen MR) is 164 cm³/mol. The molecule has 0 saturated heterocycles. The molecule has 0 saturated carbocycles. The summed E-state index contributed by atoms with van der Waals surface area (Å²) in [5.74, 6) is 2.00. The van der Waals surface area contributed by atoms with Crippen molar-refractivity contribution in [1.29, 1.82) is 0 Å². The molecule has 2 aromatic rings. The van der Waals surface area contributed by atoms with Gasteiger partial charge in [0.1, 0.15) is 5.75 Å². The number of hydrogen-bond donors (Lipinski definition) is 3. The number of nitrogens with one attached hydrogen (secondary N) is 2. The van der Waals surface area contributed by atoms with Gasteiger partial charge in [0.05, 0.1) is 22.0 Å². The number of hydrogen-bond acceptors (Lipinski definition) is 3. The molecule has 0 radical (unpaired) electrons. The molecule has 0 aromatic heterocycles. The zero-order chi connectivity index (χ0) is 27.9. The van der Waals surface area contributed by atoms with Gasteiger partial charge in [-0.15, -0.1) is 0 Å². The van der Waals surface area contributed by atoms with Crippen LogP contribution in [-0.2, 0) is 41.2 Å². The van der Waals surface area contributed by atoms with Crippen LogP contribution in [0.25, 0.3) is 0 Å². The normalized spacial score (nSPS) is 17.7. The van der Waals surface area contributed by atoms with Crippen molar-refractivity contribution in [2.75, 3.05) is 18.8 Å². The second kappa shape index (κ2) is 17.7. The molecule has 0 bridgehead atoms. The molecule has 1 aliphatic rings. The van der Waals surface area contributed by atoms with Gasteiger partial charge in [-0.2, -0.15) is 0 Å². The Morgan fingerprint density at radius 2 is 1.50 bits per heavy atom. The summed E-state index contributed by atoms with van der Waals surface area (Å²) in [6, 6.07) is 15.9. The van der Waals surface area contributed by atoms with E-state index in [1.165, 1.54) is 23.1 Å². The zero-order valence-electron chi connectivity index (χ0n) is 23.9. The van der Waals surface area contributed by atoms with Gasteiger partial charge < -0.3 is 5.11 Å². The van der Waals surface area contributed by atoms with Crippen LogP contribution in [0.4, 0.5) is 0 Å². The number of aromatic hydroxyl groups is 1. The molecule has 0 aliphatic heterocycles. The first-order valence-electron chi connectivity index (χ1n) is 14.1. The molecule has 0 amide bonds. The van der Waals surface area contributed by atoms with Crippen LogP contribution in [0, 0.1) is 11.8 Å². The van der Waals surface area contributed by atoms with E-state index in [1.54, 1.807) is 12.1 Å². The molecule has 7 heteroatoms. The van der Waals surface area contributed by atoms with E-state index in [4.69, 9.17) is 0 Å². The van der Waals surface area contributed by atoms with Crippen molar-refractivity contribution in [2.45, 2.75) is 78.4 Å². The Balaban J connectivity index is 0.00000247. The topological polar surface area (TPSA) is 78.4 Å². The van der Waals surface area contributed by atoms with E-state index in [-0.39, 0.29) is 11.0 Å². The van der Waals surface area contributed by atoms with Gasteiger partial charge in [0, 0.05) is 24.1 Å². The summed E-state index contributed by atoms with van der Waals surface area (Å²) in [5.41, 5.74) is 5.19. The standard InChI is InChI=1S/C29H42N2O3S2.C2H6/c1-22(2)36(34)31-21-23(3)28-12-8-27(9-13-28)20-26-6-4-24(5-7-26)16-18-30-35(33)19-17-25-10-14-29(32)15-11-25;1-2/h4-8,10-11,14-15,22-23,28,30-32H,9,12-13,16-21H2,1-3H3;1-2H3. The summed E-state index contributed by atoms with van der Waals surface area (Å²) in [5, 5.41) is 9.50. The molecule has 38 heavy (non-hydrogen) atoms. The van der Waals surface area contributed by atoms with E-state index in [0.717, 1.165) is 44.2 Å². The van der Waals surface area contributed by atoms with Crippen molar-refractivity contribution in [2.24, 2.45) is 11.8 Å². The van der Waals surface area contributed by atoms with Crippen molar-refractivity contribution in [3.8, 4) is 5.75 Å². The first-order valence-corrected chi connectivity index (χ1v) is 16.6. The Labute approximate surface area is 236 Å². The average molecular weight is 561 g/mol. The van der Waals surface area contributed by atoms with Crippen LogP contribution >= 0.6 is 0 Å². The smallest absolute Gasteiger partial charge is 0.115 e. The van der Waals surface area contributed by atoms with Crippen molar-refractivity contribution >= 4 is 22.0 Å². The summed E-state index contributed by atoms with van der Waals surface area (Å²) in [6.07, 6.45) is 8.47. The van der Waals surface area contributed by atoms with E-state index in [9.17, 15) is 13.5 Å². The number of aryl methyl sites for hydroxylation is 1. The fourth-order valence-electron chi connectivity index (χ4n) is 4.47. The van der Waals surface area contributed by atoms with Crippen LogP contribution in [0.5, 0.6) is 5.75 Å². The Morgan fingerprint density at radius 1 is 0.895 bits per heavy atom. The molecule has 0 fully saturated rings. The minimum atomic E-state index is -1.06. The molecule has 5 nitrogen and oxygen atoms in total. The summed E-state index contributed by atoms with van der Waals surface area (Å²) in [7, 11) is -2.00. The van der Waals surface area contributed by atoms with Crippen molar-refractivity contribution in [1.82, 2.24) is 9.44 Å². The van der Waals surface area contributed by atoms with Gasteiger partial charge in [-0.1, -0.05) is 68.8 Å². The Kier molecular flexibility index (Phi) is 15.1. The summed E-state index contributed by atoms with van der Waals surface area (Å²) in [4.78, 5) is 0. The summed E-state index contributed by atoms with van der Waals surface area (Å²) >= 11 is 0. The second-order valence-corrected chi connectivity index (χ2v) is 13.4. The lowest BCUT2D eigenvalue weighted by atomic mass is 9.80. The van der Waals surface area contributed by atoms with Gasteiger partial charge >= 0.3 is 0 Å². The third-order valence-electron chi connectivity index (χ3n) is 6.97. The summed E-state index contributed by atoms with van der Waals surface area (Å²) in [6.45, 7) is 11.7. The number of phenols is 1. The number of phenolic OH excluding ortho intramolecular Hbond substituents is 1. The summed E-state index contributed by atoms with van der Waals surface area (Å²) < 4.78 is 30.5. The molecule has 212 valence electrons. The highest BCUT2D eigenvalue weighted by molar-refractivity contribution is 7.83. The van der Waals surface area contributed by atoms with Crippen LogP contribution in [0.15, 0.2) is 60.2 Å². The lowest BCUT2D eigenvalue weighted by Gasteiger charge is -2.28. The Bertz CT molecular complexity index is 1020. The highest BCUT2D eigenvalue weighted by Crippen LogP contribution is 2.30. The molecule has 2 aromatic carbocycles. The third-order valence-corrected chi connectivity index (χ3v) is 9.38. The van der Waals surface area contributed by atoms with Crippen LogP contribution in [-0.4, -0.2) is 37.6 Å². The highest BCUT2D eigenvalue weighted by Gasteiger charge is 2.21. The average Bonchev–Trinajstić information content (AvgIpc) is 2.93. The maximum atomic E-state index is 12.2. The van der Waals surface area contributed by atoms with Gasteiger partial charge in [-0.05, 0) is 93.0 Å². The van der Waals surface area contributed by atoms with Gasteiger partial charge in [0.2, 0.25) is 0 Å². The SMILES string of the molecule is CC.CC(CNS(=O)C(C)C)C1CC=C(Cc2ccc(CCNS(=O)CCc3ccc(O)cc3)cc2)CC1. The third kappa shape index (κ3) is 11.9. The van der Waals surface area contributed by atoms with Crippen LogP contribution in [0.3, 0.4) is 0 Å². The maximum absolute atomic E-state index is 12.2. The first-order chi connectivity index (χ1) is 18.3. The molecular weight excluding hydrogens is 512 g/mol. The van der Waals surface area contributed by atoms with E-state index in [1.807, 2.05) is 39.8 Å². The Hall–Kier alpha value is -1.80. The van der Waals surface area contributed by atoms with Gasteiger partial charge in [0.25, 0.3) is 0 Å². The largest absolute Gasteiger partial charge is 0.508 e. The molecule has 0 spiro atoms. The molecule has 4 atom stereocenters. The number of rotatable bonds is 14. The predicted octanol–water partition coefficient (Wildman–Crippen LogP) is 6.02. The monoisotopic (exact) mass is 560 g/mol. The van der Waals surface area contributed by atoms with Crippen molar-refractivity contribution in [3.05, 3.63) is 76.9 Å². The Morgan fingerprint density at radius 3 is 2.11 bits per heavy atom. The number of allylic oxidation sites excluding steroid dienone is 2. The van der Waals surface area contributed by atoms with Crippen LogP contribution in [0.2, 0.25) is 0 Å². The van der Waals surface area contributed by atoms with E-state index < -0.39 is 22.0 Å². The lowest BCUT2D eigenvalue weighted by Crippen LogP contribution is -2.31.